The first kappa shape index (κ1) is 24.0. The molecule has 1 N–H and O–H groups in total. The maximum absolute atomic E-state index is 7.18. The minimum Gasteiger partial charge on any atom is -0.534 e. The Hall–Kier alpha value is -3.11. The van der Waals surface area contributed by atoms with Gasteiger partial charge in [0.05, 0.1) is 6.20 Å². The Kier molecular flexibility index (Phi) is 7.37. The van der Waals surface area contributed by atoms with Crippen molar-refractivity contribution in [2.24, 2.45) is 0 Å². The van der Waals surface area contributed by atoms with Gasteiger partial charge in [-0.2, -0.15) is 5.10 Å². The molecule has 4 aromatic rings. The van der Waals surface area contributed by atoms with Gasteiger partial charge >= 0.3 is 8.32 Å². The Bertz CT molecular complexity index is 1130. The van der Waals surface area contributed by atoms with Crippen molar-refractivity contribution in [1.82, 2.24) is 10.2 Å². The molecule has 176 valence electrons. The van der Waals surface area contributed by atoms with Crippen LogP contribution in [0.3, 0.4) is 0 Å². The van der Waals surface area contributed by atoms with E-state index >= 15 is 0 Å². The Labute approximate surface area is 205 Å². The van der Waals surface area contributed by atoms with Gasteiger partial charge in [-0.1, -0.05) is 87.5 Å². The average molecular weight is 469 g/mol. The summed E-state index contributed by atoms with van der Waals surface area (Å²) in [6.07, 6.45) is 8.40. The molecule has 0 fully saturated rings. The van der Waals surface area contributed by atoms with Crippen LogP contribution in [0.4, 0.5) is 0 Å². The Morgan fingerprint density at radius 1 is 0.824 bits per heavy atom. The summed E-state index contributed by atoms with van der Waals surface area (Å²) < 4.78 is 7.18. The van der Waals surface area contributed by atoms with Crippen LogP contribution in [0.2, 0.25) is 5.04 Å². The zero-order valence-corrected chi connectivity index (χ0v) is 21.8. The second kappa shape index (κ2) is 10.4. The van der Waals surface area contributed by atoms with Crippen LogP contribution in [0.1, 0.15) is 50.3 Å². The third kappa shape index (κ3) is 5.17. The largest absolute Gasteiger partial charge is 0.534 e. The van der Waals surface area contributed by atoms with Gasteiger partial charge in [0.1, 0.15) is 5.75 Å². The lowest BCUT2D eigenvalue weighted by Gasteiger charge is -2.43. The minimum absolute atomic E-state index is 0.0463. The Morgan fingerprint density at radius 3 is 1.97 bits per heavy atom. The molecule has 3 aromatic carbocycles. The first-order valence-electron chi connectivity index (χ1n) is 12.3. The fraction of sp³-hybridized carbons (Fsp3) is 0.300. The standard InChI is InChI=1S/C30H36N2OSi/c1-24-21-27(20-19-26(24)14-12-11-13-25-22-31-32-23-25)33-34(30(2,3)4,28-15-7-5-8-16-28)29-17-9-6-10-18-29/h5-10,15-23H,11-14H2,1-4H3,(H,31,32). The van der Waals surface area contributed by atoms with E-state index in [0.29, 0.717) is 0 Å². The molecule has 0 saturated carbocycles. The molecule has 0 bridgehead atoms. The lowest BCUT2D eigenvalue weighted by Crippen LogP contribution is -2.68. The van der Waals surface area contributed by atoms with Crippen molar-refractivity contribution in [2.45, 2.75) is 58.4 Å². The van der Waals surface area contributed by atoms with Crippen molar-refractivity contribution in [2.75, 3.05) is 0 Å². The molecular formula is C30H36N2OSi. The third-order valence-corrected chi connectivity index (χ3v) is 11.7. The van der Waals surface area contributed by atoms with Crippen LogP contribution in [0.25, 0.3) is 0 Å². The van der Waals surface area contributed by atoms with Crippen molar-refractivity contribution in [3.63, 3.8) is 0 Å². The first-order valence-corrected chi connectivity index (χ1v) is 14.2. The molecule has 0 radical (unpaired) electrons. The van der Waals surface area contributed by atoms with Crippen molar-refractivity contribution >= 4 is 18.7 Å². The highest BCUT2D eigenvalue weighted by Gasteiger charge is 2.52. The van der Waals surface area contributed by atoms with E-state index in [-0.39, 0.29) is 5.04 Å². The molecule has 34 heavy (non-hydrogen) atoms. The Balaban J connectivity index is 1.60. The van der Waals surface area contributed by atoms with Crippen LogP contribution in [-0.4, -0.2) is 18.5 Å². The van der Waals surface area contributed by atoms with Crippen molar-refractivity contribution in [3.8, 4) is 5.75 Å². The number of nitrogens with one attached hydrogen (secondary N) is 1. The summed E-state index contributed by atoms with van der Waals surface area (Å²) in [4.78, 5) is 0. The topological polar surface area (TPSA) is 37.9 Å². The lowest BCUT2D eigenvalue weighted by atomic mass is 10.0. The van der Waals surface area contributed by atoms with Crippen LogP contribution in [-0.2, 0) is 12.8 Å². The van der Waals surface area contributed by atoms with Gasteiger partial charge in [0.2, 0.25) is 0 Å². The number of aromatic amines is 1. The highest BCUT2D eigenvalue weighted by molar-refractivity contribution is 7.00. The second-order valence-corrected chi connectivity index (χ2v) is 14.4. The summed E-state index contributed by atoms with van der Waals surface area (Å²) in [5, 5.41) is 9.49. The van der Waals surface area contributed by atoms with Gasteiger partial charge in [-0.3, -0.25) is 5.10 Å². The van der Waals surface area contributed by atoms with Crippen LogP contribution < -0.4 is 14.8 Å². The number of hydrogen-bond donors (Lipinski definition) is 1. The number of benzene rings is 3. The first-order chi connectivity index (χ1) is 16.4. The summed E-state index contributed by atoms with van der Waals surface area (Å²) in [5.41, 5.74) is 3.99. The SMILES string of the molecule is Cc1cc(O[Si](c2ccccc2)(c2ccccc2)C(C)(C)C)ccc1CCCCc1cn[nH]c1. The van der Waals surface area contributed by atoms with Crippen LogP contribution in [0, 0.1) is 6.92 Å². The molecule has 0 unspecified atom stereocenters. The van der Waals surface area contributed by atoms with Gasteiger partial charge < -0.3 is 4.43 Å². The molecule has 0 aliphatic heterocycles. The molecule has 0 saturated heterocycles. The minimum atomic E-state index is -2.60. The van der Waals surface area contributed by atoms with Crippen molar-refractivity contribution < 1.29 is 4.43 Å². The predicted octanol–water partition coefficient (Wildman–Crippen LogP) is 6.22. The number of aromatic nitrogens is 2. The normalized spacial score (nSPS) is 12.0. The van der Waals surface area contributed by atoms with Crippen LogP contribution >= 0.6 is 0 Å². The molecule has 0 spiro atoms. The summed E-state index contributed by atoms with van der Waals surface area (Å²) in [5.74, 6) is 0.967. The van der Waals surface area contributed by atoms with Gasteiger partial charge in [0.25, 0.3) is 0 Å². The maximum atomic E-state index is 7.18. The number of unbranched alkanes of at least 4 members (excludes halogenated alkanes) is 1. The van der Waals surface area contributed by atoms with Crippen molar-refractivity contribution in [1.29, 1.82) is 0 Å². The molecule has 0 amide bonds. The molecule has 3 nitrogen and oxygen atoms in total. The highest BCUT2D eigenvalue weighted by Crippen LogP contribution is 2.38. The molecule has 0 aliphatic carbocycles. The number of aryl methyl sites for hydroxylation is 3. The van der Waals surface area contributed by atoms with E-state index in [1.807, 2.05) is 12.4 Å². The fourth-order valence-electron chi connectivity index (χ4n) is 4.90. The fourth-order valence-corrected chi connectivity index (χ4v) is 9.31. The quantitative estimate of drug-likeness (QED) is 0.234. The zero-order chi connectivity index (χ0) is 24.0. The molecule has 4 rings (SSSR count). The molecular weight excluding hydrogens is 432 g/mol. The van der Waals surface area contributed by atoms with E-state index in [4.69, 9.17) is 4.43 Å². The molecule has 1 aromatic heterocycles. The molecule has 1 heterocycles. The summed E-state index contributed by atoms with van der Waals surface area (Å²) in [7, 11) is -2.60. The van der Waals surface area contributed by atoms with Gasteiger partial charge in [-0.05, 0) is 76.8 Å². The van der Waals surface area contributed by atoms with Gasteiger partial charge in [0.15, 0.2) is 0 Å². The van der Waals surface area contributed by atoms with E-state index in [0.717, 1.165) is 18.6 Å². The Morgan fingerprint density at radius 2 is 1.44 bits per heavy atom. The van der Waals surface area contributed by atoms with Gasteiger partial charge in [-0.25, -0.2) is 0 Å². The lowest BCUT2D eigenvalue weighted by molar-refractivity contribution is 0.507. The summed E-state index contributed by atoms with van der Waals surface area (Å²) >= 11 is 0. The van der Waals surface area contributed by atoms with Gasteiger partial charge in [-0.15, -0.1) is 0 Å². The molecule has 4 heteroatoms. The van der Waals surface area contributed by atoms with E-state index in [2.05, 4.69) is 117 Å². The number of nitrogens with zero attached hydrogens (tertiary/aromatic N) is 1. The van der Waals surface area contributed by atoms with Gasteiger partial charge in [0, 0.05) is 6.20 Å². The van der Waals surface area contributed by atoms with E-state index < -0.39 is 8.32 Å². The zero-order valence-electron chi connectivity index (χ0n) is 20.8. The number of rotatable bonds is 9. The number of hydrogen-bond acceptors (Lipinski definition) is 2. The van der Waals surface area contributed by atoms with Crippen LogP contribution in [0.5, 0.6) is 5.75 Å². The van der Waals surface area contributed by atoms with E-state index in [9.17, 15) is 0 Å². The summed E-state index contributed by atoms with van der Waals surface area (Å²) in [6.45, 7) is 9.17. The van der Waals surface area contributed by atoms with Crippen molar-refractivity contribution in [3.05, 3.63) is 108 Å². The third-order valence-electron chi connectivity index (χ3n) is 6.72. The second-order valence-electron chi connectivity index (χ2n) is 10.2. The van der Waals surface area contributed by atoms with E-state index in [1.54, 1.807) is 0 Å². The monoisotopic (exact) mass is 468 g/mol. The van der Waals surface area contributed by atoms with Crippen LogP contribution in [0.15, 0.2) is 91.3 Å². The molecule has 0 aliphatic rings. The predicted molar refractivity (Wildman–Crippen MR) is 145 cm³/mol. The van der Waals surface area contributed by atoms with E-state index in [1.165, 1.54) is 39.9 Å². The number of H-pyrrole nitrogens is 1. The maximum Gasteiger partial charge on any atom is 0.319 e. The summed E-state index contributed by atoms with van der Waals surface area (Å²) in [6, 6.07) is 28.3. The highest BCUT2D eigenvalue weighted by atomic mass is 28.4. The average Bonchev–Trinajstić information content (AvgIpc) is 3.35. The smallest absolute Gasteiger partial charge is 0.319 e. The molecule has 0 atom stereocenters.